The average Bonchev–Trinajstić information content (AvgIpc) is 3.04. The number of aromatic nitrogens is 2. The van der Waals surface area contributed by atoms with Gasteiger partial charge in [-0.25, -0.2) is 9.97 Å². The second-order valence-electron chi connectivity index (χ2n) is 7.31. The Kier molecular flexibility index (Phi) is 5.38. The lowest BCUT2D eigenvalue weighted by Gasteiger charge is -2.33. The van der Waals surface area contributed by atoms with E-state index in [9.17, 15) is 4.79 Å². The van der Waals surface area contributed by atoms with E-state index in [4.69, 9.17) is 9.72 Å². The largest absolute Gasteiger partial charge is 0.497 e. The van der Waals surface area contributed by atoms with Crippen LogP contribution in [0.4, 0.5) is 11.5 Å². The van der Waals surface area contributed by atoms with Crippen LogP contribution in [0.15, 0.2) is 24.3 Å². The molecule has 3 heterocycles. The summed E-state index contributed by atoms with van der Waals surface area (Å²) in [6.45, 7) is 7.72. The summed E-state index contributed by atoms with van der Waals surface area (Å²) in [6.07, 6.45) is 0. The number of aryl methyl sites for hydroxylation is 2. The van der Waals surface area contributed by atoms with Gasteiger partial charge in [-0.15, -0.1) is 11.3 Å². The van der Waals surface area contributed by atoms with Crippen LogP contribution in [0.25, 0.3) is 10.2 Å². The Bertz CT molecular complexity index is 1060. The van der Waals surface area contributed by atoms with E-state index in [1.807, 2.05) is 32.0 Å². The highest BCUT2D eigenvalue weighted by molar-refractivity contribution is 7.20. The molecule has 3 aromatic rings. The van der Waals surface area contributed by atoms with Crippen molar-refractivity contribution in [3.63, 3.8) is 0 Å². The molecular weight excluding hydrogens is 386 g/mol. The van der Waals surface area contributed by atoms with Gasteiger partial charge in [0, 0.05) is 37.9 Å². The number of thiophene rings is 1. The summed E-state index contributed by atoms with van der Waals surface area (Å²) in [4.78, 5) is 28.5. The number of amides is 1. The monoisotopic (exact) mass is 411 g/mol. The standard InChI is InChI=1S/C21H25N5O2S/c1-13-17-19(26-10-8-25(3)9-11-26)22-14(2)23-21(17)29-18(13)20(27)24-15-6-5-7-16(12-15)28-4/h5-7,12H,8-11H2,1-4H3,(H,24,27). The summed E-state index contributed by atoms with van der Waals surface area (Å²) in [7, 11) is 3.74. The van der Waals surface area contributed by atoms with E-state index in [2.05, 4.69) is 27.1 Å². The zero-order valence-electron chi connectivity index (χ0n) is 17.2. The third-order valence-corrected chi connectivity index (χ3v) is 6.40. The van der Waals surface area contributed by atoms with E-state index >= 15 is 0 Å². The number of piperazine rings is 1. The number of ether oxygens (including phenoxy) is 1. The number of methoxy groups -OCH3 is 1. The Balaban J connectivity index is 1.69. The fourth-order valence-electron chi connectivity index (χ4n) is 3.57. The number of hydrogen-bond acceptors (Lipinski definition) is 7. The van der Waals surface area contributed by atoms with Gasteiger partial charge < -0.3 is 19.9 Å². The van der Waals surface area contributed by atoms with Crippen LogP contribution in [-0.4, -0.2) is 61.1 Å². The summed E-state index contributed by atoms with van der Waals surface area (Å²) >= 11 is 1.42. The van der Waals surface area contributed by atoms with E-state index in [1.165, 1.54) is 11.3 Å². The quantitative estimate of drug-likeness (QED) is 0.710. The zero-order chi connectivity index (χ0) is 20.5. The summed E-state index contributed by atoms with van der Waals surface area (Å²) in [5.41, 5.74) is 1.63. The van der Waals surface area contributed by atoms with Crippen LogP contribution in [-0.2, 0) is 0 Å². The number of carbonyl (C=O) groups is 1. The van der Waals surface area contributed by atoms with Crippen molar-refractivity contribution in [3.05, 3.63) is 40.5 Å². The third kappa shape index (κ3) is 3.90. The number of fused-ring (bicyclic) bond motifs is 1. The van der Waals surface area contributed by atoms with Crippen LogP contribution in [0.5, 0.6) is 5.75 Å². The number of hydrogen-bond donors (Lipinski definition) is 1. The van der Waals surface area contributed by atoms with E-state index in [0.29, 0.717) is 16.3 Å². The first kappa shape index (κ1) is 19.6. The smallest absolute Gasteiger partial charge is 0.266 e. The van der Waals surface area contributed by atoms with Gasteiger partial charge in [-0.05, 0) is 38.6 Å². The van der Waals surface area contributed by atoms with Crippen LogP contribution in [0.2, 0.25) is 0 Å². The average molecular weight is 412 g/mol. The molecule has 1 saturated heterocycles. The van der Waals surface area contributed by atoms with Gasteiger partial charge in [0.2, 0.25) is 0 Å². The van der Waals surface area contributed by atoms with Crippen molar-refractivity contribution in [2.75, 3.05) is 50.6 Å². The molecule has 29 heavy (non-hydrogen) atoms. The van der Waals surface area contributed by atoms with Crippen molar-refractivity contribution < 1.29 is 9.53 Å². The lowest BCUT2D eigenvalue weighted by molar-refractivity contribution is 0.103. The fraction of sp³-hybridized carbons (Fsp3) is 0.381. The zero-order valence-corrected chi connectivity index (χ0v) is 18.0. The van der Waals surface area contributed by atoms with E-state index in [-0.39, 0.29) is 5.91 Å². The maximum Gasteiger partial charge on any atom is 0.266 e. The summed E-state index contributed by atoms with van der Waals surface area (Å²) in [5.74, 6) is 2.23. The molecule has 1 N–H and O–H groups in total. The highest BCUT2D eigenvalue weighted by Gasteiger charge is 2.24. The lowest BCUT2D eigenvalue weighted by Crippen LogP contribution is -2.45. The number of likely N-dealkylation sites (N-methyl/N-ethyl adjacent to an activating group) is 1. The molecule has 1 aromatic carbocycles. The highest BCUT2D eigenvalue weighted by atomic mass is 32.1. The van der Waals surface area contributed by atoms with Gasteiger partial charge in [0.25, 0.3) is 5.91 Å². The molecule has 0 spiro atoms. The molecule has 1 amide bonds. The van der Waals surface area contributed by atoms with E-state index < -0.39 is 0 Å². The summed E-state index contributed by atoms with van der Waals surface area (Å²) in [6, 6.07) is 7.36. The van der Waals surface area contributed by atoms with Crippen LogP contribution >= 0.6 is 11.3 Å². The first-order valence-corrected chi connectivity index (χ1v) is 10.4. The predicted octanol–water partition coefficient (Wildman–Crippen LogP) is 3.32. The molecule has 2 aromatic heterocycles. The molecule has 0 bridgehead atoms. The number of rotatable bonds is 4. The molecule has 0 radical (unpaired) electrons. The number of benzene rings is 1. The summed E-state index contributed by atoms with van der Waals surface area (Å²) < 4.78 is 5.24. The van der Waals surface area contributed by atoms with Crippen molar-refractivity contribution >= 4 is 39.0 Å². The third-order valence-electron chi connectivity index (χ3n) is 5.22. The van der Waals surface area contributed by atoms with Crippen molar-refractivity contribution in [3.8, 4) is 5.75 Å². The molecule has 7 nitrogen and oxygen atoms in total. The maximum absolute atomic E-state index is 13.0. The SMILES string of the molecule is COc1cccc(NC(=O)c2sc3nc(C)nc(N4CCN(C)CC4)c3c2C)c1. The van der Waals surface area contributed by atoms with Gasteiger partial charge in [-0.3, -0.25) is 4.79 Å². The van der Waals surface area contributed by atoms with Gasteiger partial charge in [0.15, 0.2) is 0 Å². The molecule has 1 fully saturated rings. The van der Waals surface area contributed by atoms with Crippen LogP contribution in [0.3, 0.4) is 0 Å². The Morgan fingerprint density at radius 1 is 1.17 bits per heavy atom. The number of anilines is 2. The number of carbonyl (C=O) groups excluding carboxylic acids is 1. The van der Waals surface area contributed by atoms with Crippen LogP contribution < -0.4 is 15.0 Å². The molecule has 152 valence electrons. The van der Waals surface area contributed by atoms with E-state index in [0.717, 1.165) is 53.6 Å². The number of nitrogens with one attached hydrogen (secondary N) is 1. The van der Waals surface area contributed by atoms with Crippen molar-refractivity contribution in [2.24, 2.45) is 0 Å². The molecule has 0 unspecified atom stereocenters. The Morgan fingerprint density at radius 3 is 2.66 bits per heavy atom. The normalized spacial score (nSPS) is 15.0. The molecule has 0 saturated carbocycles. The Labute approximate surface area is 174 Å². The Hall–Kier alpha value is -2.71. The second-order valence-corrected chi connectivity index (χ2v) is 8.31. The van der Waals surface area contributed by atoms with Gasteiger partial charge in [-0.2, -0.15) is 0 Å². The highest BCUT2D eigenvalue weighted by Crippen LogP contribution is 2.36. The lowest BCUT2D eigenvalue weighted by atomic mass is 10.1. The molecule has 1 aliphatic heterocycles. The van der Waals surface area contributed by atoms with Crippen molar-refractivity contribution in [1.29, 1.82) is 0 Å². The fourth-order valence-corrected chi connectivity index (χ4v) is 4.69. The van der Waals surface area contributed by atoms with Gasteiger partial charge in [-0.1, -0.05) is 6.07 Å². The molecule has 1 aliphatic rings. The number of nitrogens with zero attached hydrogens (tertiary/aromatic N) is 4. The van der Waals surface area contributed by atoms with Gasteiger partial charge in [0.05, 0.1) is 17.4 Å². The topological polar surface area (TPSA) is 70.6 Å². The minimum absolute atomic E-state index is 0.138. The van der Waals surface area contributed by atoms with Gasteiger partial charge >= 0.3 is 0 Å². The Morgan fingerprint density at radius 2 is 1.93 bits per heavy atom. The first-order chi connectivity index (χ1) is 14.0. The minimum atomic E-state index is -0.138. The molecule has 0 aliphatic carbocycles. The van der Waals surface area contributed by atoms with Crippen LogP contribution in [0, 0.1) is 13.8 Å². The summed E-state index contributed by atoms with van der Waals surface area (Å²) in [5, 5.41) is 3.96. The van der Waals surface area contributed by atoms with Crippen molar-refractivity contribution in [1.82, 2.24) is 14.9 Å². The van der Waals surface area contributed by atoms with Gasteiger partial charge in [0.1, 0.15) is 22.2 Å². The molecule has 0 atom stereocenters. The molecular formula is C21H25N5O2S. The van der Waals surface area contributed by atoms with Crippen molar-refractivity contribution in [2.45, 2.75) is 13.8 Å². The minimum Gasteiger partial charge on any atom is -0.497 e. The second kappa shape index (κ2) is 7.96. The molecule has 8 heteroatoms. The molecule has 4 rings (SSSR count). The first-order valence-electron chi connectivity index (χ1n) is 9.63. The predicted molar refractivity (Wildman–Crippen MR) is 118 cm³/mol. The van der Waals surface area contributed by atoms with E-state index in [1.54, 1.807) is 13.2 Å². The van der Waals surface area contributed by atoms with Crippen LogP contribution in [0.1, 0.15) is 21.1 Å². The maximum atomic E-state index is 13.0.